The van der Waals surface area contributed by atoms with Crippen molar-refractivity contribution < 1.29 is 14.3 Å². The summed E-state index contributed by atoms with van der Waals surface area (Å²) in [6.45, 7) is 0.185. The van der Waals surface area contributed by atoms with Crippen molar-refractivity contribution in [2.75, 3.05) is 0 Å². The first-order valence-electron chi connectivity index (χ1n) is 9.77. The number of nitrogens with two attached hydrogens (primary N) is 1. The standard InChI is InChI=1S/C24H18ClN3O3/c25-18-10-14(8-9-20(18)30-13-16-5-2-1-4-15(16)11-26)22-17(12-27)24(28)31-21-7-3-6-19(29)23(21)22/h1-2,4-5,8-10,22H,3,6-7,13,28H2/t22-/m1/s1. The number of hydrogen-bond acceptors (Lipinski definition) is 6. The highest BCUT2D eigenvalue weighted by Crippen LogP contribution is 2.44. The van der Waals surface area contributed by atoms with Crippen LogP contribution in [0.25, 0.3) is 0 Å². The monoisotopic (exact) mass is 431 g/mol. The van der Waals surface area contributed by atoms with Gasteiger partial charge in [0.15, 0.2) is 5.78 Å². The van der Waals surface area contributed by atoms with Gasteiger partial charge in [-0.3, -0.25) is 4.79 Å². The number of carbonyl (C=O) groups excluding carboxylic acids is 1. The van der Waals surface area contributed by atoms with E-state index in [1.807, 2.05) is 12.1 Å². The van der Waals surface area contributed by atoms with E-state index in [0.717, 1.165) is 5.56 Å². The predicted octanol–water partition coefficient (Wildman–Crippen LogP) is 4.61. The molecule has 0 saturated carbocycles. The lowest BCUT2D eigenvalue weighted by Gasteiger charge is -2.31. The van der Waals surface area contributed by atoms with Crippen LogP contribution in [0.2, 0.25) is 5.02 Å². The molecule has 1 aliphatic heterocycles. The van der Waals surface area contributed by atoms with Crippen LogP contribution in [0.15, 0.2) is 65.3 Å². The zero-order valence-electron chi connectivity index (χ0n) is 16.5. The summed E-state index contributed by atoms with van der Waals surface area (Å²) >= 11 is 6.47. The first-order valence-corrected chi connectivity index (χ1v) is 10.2. The third-order valence-corrected chi connectivity index (χ3v) is 5.71. The minimum Gasteiger partial charge on any atom is -0.487 e. The highest BCUT2D eigenvalue weighted by Gasteiger charge is 2.38. The summed E-state index contributed by atoms with van der Waals surface area (Å²) in [7, 11) is 0. The van der Waals surface area contributed by atoms with Crippen molar-refractivity contribution in [3.05, 3.63) is 87.0 Å². The van der Waals surface area contributed by atoms with Gasteiger partial charge in [-0.15, -0.1) is 0 Å². The van der Waals surface area contributed by atoms with Crippen molar-refractivity contribution >= 4 is 17.4 Å². The minimum absolute atomic E-state index is 0.0190. The fraction of sp³-hybridized carbons (Fsp3) is 0.208. The van der Waals surface area contributed by atoms with E-state index >= 15 is 0 Å². The van der Waals surface area contributed by atoms with Gasteiger partial charge in [0, 0.05) is 24.0 Å². The van der Waals surface area contributed by atoms with Crippen LogP contribution < -0.4 is 10.5 Å². The maximum absolute atomic E-state index is 12.7. The van der Waals surface area contributed by atoms with Gasteiger partial charge in [0.2, 0.25) is 5.88 Å². The number of benzene rings is 2. The lowest BCUT2D eigenvalue weighted by molar-refractivity contribution is -0.116. The molecule has 0 bridgehead atoms. The number of hydrogen-bond donors (Lipinski definition) is 1. The molecule has 4 rings (SSSR count). The summed E-state index contributed by atoms with van der Waals surface area (Å²) in [5.74, 6) is 0.321. The minimum atomic E-state index is -0.618. The Labute approximate surface area is 184 Å². The van der Waals surface area contributed by atoms with Crippen molar-refractivity contribution in [3.63, 3.8) is 0 Å². The lowest BCUT2D eigenvalue weighted by Crippen LogP contribution is -2.27. The van der Waals surface area contributed by atoms with E-state index in [1.54, 1.807) is 30.3 Å². The molecule has 0 unspecified atom stereocenters. The van der Waals surface area contributed by atoms with E-state index in [4.69, 9.17) is 26.8 Å². The normalized spacial score (nSPS) is 18.0. The number of carbonyl (C=O) groups is 1. The average molecular weight is 432 g/mol. The second kappa shape index (κ2) is 8.55. The molecule has 2 N–H and O–H groups in total. The molecular formula is C24H18ClN3O3. The molecule has 6 nitrogen and oxygen atoms in total. The van der Waals surface area contributed by atoms with E-state index in [2.05, 4.69) is 12.1 Å². The van der Waals surface area contributed by atoms with Gasteiger partial charge in [0.25, 0.3) is 0 Å². The van der Waals surface area contributed by atoms with E-state index in [9.17, 15) is 15.3 Å². The van der Waals surface area contributed by atoms with Crippen molar-refractivity contribution in [1.82, 2.24) is 0 Å². The van der Waals surface area contributed by atoms with Crippen LogP contribution in [0.4, 0.5) is 0 Å². The van der Waals surface area contributed by atoms with Gasteiger partial charge >= 0.3 is 0 Å². The van der Waals surface area contributed by atoms with Crippen LogP contribution in [0.3, 0.4) is 0 Å². The molecule has 0 saturated heterocycles. The summed E-state index contributed by atoms with van der Waals surface area (Å²) < 4.78 is 11.4. The molecule has 1 heterocycles. The van der Waals surface area contributed by atoms with E-state index in [0.29, 0.717) is 52.5 Å². The maximum Gasteiger partial charge on any atom is 0.205 e. The molecule has 7 heteroatoms. The first kappa shape index (κ1) is 20.5. The zero-order valence-corrected chi connectivity index (χ0v) is 17.3. The highest BCUT2D eigenvalue weighted by atomic mass is 35.5. The molecule has 0 amide bonds. The number of nitriles is 2. The Morgan fingerprint density at radius 1 is 1.16 bits per heavy atom. The number of rotatable bonds is 4. The Morgan fingerprint density at radius 3 is 2.71 bits per heavy atom. The van der Waals surface area contributed by atoms with Crippen LogP contribution >= 0.6 is 11.6 Å². The second-order valence-corrected chi connectivity index (χ2v) is 7.69. The summed E-state index contributed by atoms with van der Waals surface area (Å²) in [5.41, 5.74) is 8.61. The predicted molar refractivity (Wildman–Crippen MR) is 113 cm³/mol. The molecule has 0 aromatic heterocycles. The fourth-order valence-electron chi connectivity index (χ4n) is 3.91. The first-order chi connectivity index (χ1) is 15.0. The van der Waals surface area contributed by atoms with Gasteiger partial charge in [0.05, 0.1) is 22.6 Å². The Bertz CT molecular complexity index is 1220. The number of ether oxygens (including phenoxy) is 2. The van der Waals surface area contributed by atoms with Gasteiger partial charge in [0.1, 0.15) is 29.8 Å². The van der Waals surface area contributed by atoms with Crippen LogP contribution in [0.5, 0.6) is 5.75 Å². The lowest BCUT2D eigenvalue weighted by atomic mass is 9.77. The van der Waals surface area contributed by atoms with E-state index < -0.39 is 5.92 Å². The summed E-state index contributed by atoms with van der Waals surface area (Å²) in [5, 5.41) is 19.2. The van der Waals surface area contributed by atoms with Crippen molar-refractivity contribution in [3.8, 4) is 17.9 Å². The smallest absolute Gasteiger partial charge is 0.205 e. The summed E-state index contributed by atoms with van der Waals surface area (Å²) in [4.78, 5) is 12.7. The molecular weight excluding hydrogens is 414 g/mol. The molecule has 2 aromatic rings. The molecule has 2 aromatic carbocycles. The summed E-state index contributed by atoms with van der Waals surface area (Å²) in [6.07, 6.45) is 1.70. The second-order valence-electron chi connectivity index (χ2n) is 7.29. The molecule has 1 aliphatic carbocycles. The number of Topliss-reactive ketones (excluding diaryl/α,β-unsaturated/α-hetero) is 1. The van der Waals surface area contributed by atoms with E-state index in [-0.39, 0.29) is 23.8 Å². The van der Waals surface area contributed by atoms with Gasteiger partial charge < -0.3 is 15.2 Å². The highest BCUT2D eigenvalue weighted by molar-refractivity contribution is 6.32. The molecule has 0 fully saturated rings. The topological polar surface area (TPSA) is 109 Å². The Balaban J connectivity index is 1.65. The van der Waals surface area contributed by atoms with Crippen LogP contribution in [0, 0.1) is 22.7 Å². The quantitative estimate of drug-likeness (QED) is 0.757. The number of nitrogens with zero attached hydrogens (tertiary/aromatic N) is 2. The average Bonchev–Trinajstić information content (AvgIpc) is 2.77. The third kappa shape index (κ3) is 3.86. The zero-order chi connectivity index (χ0) is 22.0. The molecule has 1 atom stereocenters. The molecule has 0 spiro atoms. The Morgan fingerprint density at radius 2 is 1.97 bits per heavy atom. The number of allylic oxidation sites excluding steroid dienone is 3. The Kier molecular flexibility index (Phi) is 5.66. The van der Waals surface area contributed by atoms with Crippen molar-refractivity contribution in [2.24, 2.45) is 5.73 Å². The SMILES string of the molecule is N#CC1=C(N)OC2=C(C(=O)CCC2)[C@@H]1c1ccc(OCc2ccccc2C#N)c(Cl)c1. The maximum atomic E-state index is 12.7. The van der Waals surface area contributed by atoms with E-state index in [1.165, 1.54) is 0 Å². The van der Waals surface area contributed by atoms with Crippen molar-refractivity contribution in [2.45, 2.75) is 31.8 Å². The molecule has 31 heavy (non-hydrogen) atoms. The third-order valence-electron chi connectivity index (χ3n) is 5.42. The number of ketones is 1. The molecule has 2 aliphatic rings. The van der Waals surface area contributed by atoms with Gasteiger partial charge in [-0.1, -0.05) is 35.9 Å². The van der Waals surface area contributed by atoms with Crippen LogP contribution in [-0.2, 0) is 16.1 Å². The van der Waals surface area contributed by atoms with Crippen LogP contribution in [0.1, 0.15) is 41.9 Å². The largest absolute Gasteiger partial charge is 0.487 e. The van der Waals surface area contributed by atoms with Gasteiger partial charge in [-0.25, -0.2) is 0 Å². The van der Waals surface area contributed by atoms with Crippen LogP contribution in [-0.4, -0.2) is 5.78 Å². The van der Waals surface area contributed by atoms with Gasteiger partial charge in [-0.2, -0.15) is 10.5 Å². The van der Waals surface area contributed by atoms with Crippen molar-refractivity contribution in [1.29, 1.82) is 10.5 Å². The summed E-state index contributed by atoms with van der Waals surface area (Å²) in [6, 6.07) is 16.5. The Hall–Kier alpha value is -3.74. The fourth-order valence-corrected chi connectivity index (χ4v) is 4.16. The molecule has 0 radical (unpaired) electrons. The molecule has 154 valence electrons. The van der Waals surface area contributed by atoms with Gasteiger partial charge in [-0.05, 0) is 30.2 Å². The number of halogens is 1.